The van der Waals surface area contributed by atoms with Crippen LogP contribution in [0.2, 0.25) is 0 Å². The van der Waals surface area contributed by atoms with E-state index in [1.165, 1.54) is 0 Å². The lowest BCUT2D eigenvalue weighted by molar-refractivity contribution is -0.116. The number of carbonyl (C=O) groups excluding carboxylic acids is 2. The number of hydrogen-bond acceptors (Lipinski definition) is 3. The Balaban J connectivity index is 1.76. The van der Waals surface area contributed by atoms with E-state index in [1.54, 1.807) is 24.3 Å². The van der Waals surface area contributed by atoms with Crippen LogP contribution in [0.4, 0.5) is 5.69 Å². The first-order valence-corrected chi connectivity index (χ1v) is 8.94. The molecule has 0 aromatic heterocycles. The molecule has 0 spiro atoms. The fourth-order valence-electron chi connectivity index (χ4n) is 2.20. The molecule has 0 fully saturated rings. The van der Waals surface area contributed by atoms with E-state index in [0.717, 1.165) is 10.2 Å². The van der Waals surface area contributed by atoms with Crippen molar-refractivity contribution in [3.63, 3.8) is 0 Å². The first-order valence-electron chi connectivity index (χ1n) is 8.15. The highest BCUT2D eigenvalue weighted by atomic mass is 79.9. The number of ether oxygens (including phenoxy) is 1. The Labute approximate surface area is 155 Å². The van der Waals surface area contributed by atoms with Crippen LogP contribution in [-0.4, -0.2) is 25.0 Å². The zero-order valence-electron chi connectivity index (χ0n) is 14.0. The van der Waals surface area contributed by atoms with Crippen molar-refractivity contribution in [1.29, 1.82) is 0 Å². The summed E-state index contributed by atoms with van der Waals surface area (Å²) < 4.78 is 6.56. The minimum atomic E-state index is -0.152. The first kappa shape index (κ1) is 19.0. The fraction of sp³-hybridized carbons (Fsp3) is 0.263. The second kappa shape index (κ2) is 9.84. The Morgan fingerprint density at radius 1 is 1.12 bits per heavy atom. The van der Waals surface area contributed by atoms with Gasteiger partial charge in [0.05, 0.1) is 6.61 Å². The van der Waals surface area contributed by atoms with Gasteiger partial charge in [-0.2, -0.15) is 0 Å². The molecule has 0 aliphatic carbocycles. The standard InChI is InChI=1S/C19H21BrN2O3/c1-2-21-19(24)14-6-3-8-16(12-14)22-18(23)10-5-11-25-17-9-4-7-15(20)13-17/h3-4,6-9,12-13H,2,5,10-11H2,1H3,(H,21,24)(H,22,23). The van der Waals surface area contributed by atoms with Gasteiger partial charge in [0.2, 0.25) is 5.91 Å². The Kier molecular flexibility index (Phi) is 7.47. The van der Waals surface area contributed by atoms with Gasteiger partial charge >= 0.3 is 0 Å². The van der Waals surface area contributed by atoms with Crippen LogP contribution in [0.15, 0.2) is 53.0 Å². The van der Waals surface area contributed by atoms with Crippen molar-refractivity contribution >= 4 is 33.4 Å². The summed E-state index contributed by atoms with van der Waals surface area (Å²) in [4.78, 5) is 23.8. The third-order valence-corrected chi connectivity index (χ3v) is 3.85. The average Bonchev–Trinajstić information content (AvgIpc) is 2.59. The summed E-state index contributed by atoms with van der Waals surface area (Å²) in [6.07, 6.45) is 0.952. The van der Waals surface area contributed by atoms with Crippen molar-refractivity contribution in [2.24, 2.45) is 0 Å². The van der Waals surface area contributed by atoms with Gasteiger partial charge in [0, 0.05) is 28.7 Å². The normalized spacial score (nSPS) is 10.2. The second-order valence-electron chi connectivity index (χ2n) is 5.40. The Morgan fingerprint density at radius 2 is 1.92 bits per heavy atom. The second-order valence-corrected chi connectivity index (χ2v) is 6.31. The van der Waals surface area contributed by atoms with Gasteiger partial charge in [0.25, 0.3) is 5.91 Å². The maximum atomic E-state index is 12.0. The number of halogens is 1. The molecule has 2 amide bonds. The molecule has 6 heteroatoms. The molecule has 2 rings (SSSR count). The molecule has 2 aromatic rings. The van der Waals surface area contributed by atoms with Gasteiger partial charge in [-0.3, -0.25) is 9.59 Å². The monoisotopic (exact) mass is 404 g/mol. The van der Waals surface area contributed by atoms with Crippen molar-refractivity contribution in [1.82, 2.24) is 5.32 Å². The van der Waals surface area contributed by atoms with E-state index < -0.39 is 0 Å². The zero-order chi connectivity index (χ0) is 18.1. The van der Waals surface area contributed by atoms with Crippen LogP contribution >= 0.6 is 15.9 Å². The van der Waals surface area contributed by atoms with Crippen molar-refractivity contribution in [3.05, 3.63) is 58.6 Å². The summed E-state index contributed by atoms with van der Waals surface area (Å²) in [5, 5.41) is 5.54. The number of carbonyl (C=O) groups is 2. The smallest absolute Gasteiger partial charge is 0.251 e. The number of amides is 2. The Hall–Kier alpha value is -2.34. The molecular formula is C19H21BrN2O3. The predicted octanol–water partition coefficient (Wildman–Crippen LogP) is 4.00. The third kappa shape index (κ3) is 6.58. The molecule has 5 nitrogen and oxygen atoms in total. The molecule has 0 saturated carbocycles. The molecule has 0 radical (unpaired) electrons. The van der Waals surface area contributed by atoms with Gasteiger partial charge in [0.1, 0.15) is 5.75 Å². The summed E-state index contributed by atoms with van der Waals surface area (Å²) >= 11 is 3.38. The molecule has 2 N–H and O–H groups in total. The molecule has 25 heavy (non-hydrogen) atoms. The van der Waals surface area contributed by atoms with Gasteiger partial charge in [-0.05, 0) is 49.7 Å². The van der Waals surface area contributed by atoms with Crippen molar-refractivity contribution in [3.8, 4) is 5.75 Å². The van der Waals surface area contributed by atoms with E-state index in [4.69, 9.17) is 4.74 Å². The number of anilines is 1. The number of rotatable bonds is 8. The highest BCUT2D eigenvalue weighted by molar-refractivity contribution is 9.10. The van der Waals surface area contributed by atoms with E-state index >= 15 is 0 Å². The predicted molar refractivity (Wildman–Crippen MR) is 102 cm³/mol. The summed E-state index contributed by atoms with van der Waals surface area (Å²) in [5.41, 5.74) is 1.14. The Bertz CT molecular complexity index is 734. The van der Waals surface area contributed by atoms with Crippen molar-refractivity contribution in [2.45, 2.75) is 19.8 Å². The average molecular weight is 405 g/mol. The molecule has 0 heterocycles. The van der Waals surface area contributed by atoms with Crippen molar-refractivity contribution < 1.29 is 14.3 Å². The van der Waals surface area contributed by atoms with Crippen LogP contribution < -0.4 is 15.4 Å². The topological polar surface area (TPSA) is 67.4 Å². The number of hydrogen-bond donors (Lipinski definition) is 2. The maximum absolute atomic E-state index is 12.0. The van der Waals surface area contributed by atoms with Gasteiger partial charge < -0.3 is 15.4 Å². The SMILES string of the molecule is CCNC(=O)c1cccc(NC(=O)CCCOc2cccc(Br)c2)c1. The highest BCUT2D eigenvalue weighted by Gasteiger charge is 2.07. The fourth-order valence-corrected chi connectivity index (χ4v) is 2.58. The van der Waals surface area contributed by atoms with Crippen LogP contribution in [0, 0.1) is 0 Å². The van der Waals surface area contributed by atoms with E-state index in [2.05, 4.69) is 26.6 Å². The lowest BCUT2D eigenvalue weighted by Gasteiger charge is -2.09. The molecule has 2 aromatic carbocycles. The van der Waals surface area contributed by atoms with E-state index in [9.17, 15) is 9.59 Å². The molecule has 0 bridgehead atoms. The van der Waals surface area contributed by atoms with Crippen LogP contribution in [0.25, 0.3) is 0 Å². The summed E-state index contributed by atoms with van der Waals surface area (Å²) in [7, 11) is 0. The zero-order valence-corrected chi connectivity index (χ0v) is 15.6. The van der Waals surface area contributed by atoms with Gasteiger partial charge in [-0.15, -0.1) is 0 Å². The van der Waals surface area contributed by atoms with Crippen LogP contribution in [-0.2, 0) is 4.79 Å². The molecule has 132 valence electrons. The van der Waals surface area contributed by atoms with Crippen molar-refractivity contribution in [2.75, 3.05) is 18.5 Å². The van der Waals surface area contributed by atoms with Gasteiger partial charge in [0.15, 0.2) is 0 Å². The lowest BCUT2D eigenvalue weighted by atomic mass is 10.2. The molecule has 0 atom stereocenters. The minimum absolute atomic E-state index is 0.106. The minimum Gasteiger partial charge on any atom is -0.494 e. The number of benzene rings is 2. The lowest BCUT2D eigenvalue weighted by Crippen LogP contribution is -2.22. The quantitative estimate of drug-likeness (QED) is 0.653. The first-order chi connectivity index (χ1) is 12.1. The van der Waals surface area contributed by atoms with Crippen LogP contribution in [0.5, 0.6) is 5.75 Å². The summed E-state index contributed by atoms with van der Waals surface area (Å²) in [6, 6.07) is 14.5. The highest BCUT2D eigenvalue weighted by Crippen LogP contribution is 2.18. The molecular weight excluding hydrogens is 384 g/mol. The van der Waals surface area contributed by atoms with E-state index in [-0.39, 0.29) is 11.8 Å². The summed E-state index contributed by atoms with van der Waals surface area (Å²) in [6.45, 7) is 2.88. The largest absolute Gasteiger partial charge is 0.494 e. The molecule has 0 unspecified atom stereocenters. The number of nitrogens with one attached hydrogen (secondary N) is 2. The van der Waals surface area contributed by atoms with Gasteiger partial charge in [-0.25, -0.2) is 0 Å². The van der Waals surface area contributed by atoms with Crippen LogP contribution in [0.3, 0.4) is 0 Å². The molecule has 0 aliphatic heterocycles. The molecule has 0 aliphatic rings. The van der Waals surface area contributed by atoms with E-state index in [0.29, 0.717) is 37.2 Å². The maximum Gasteiger partial charge on any atom is 0.251 e. The van der Waals surface area contributed by atoms with Crippen LogP contribution in [0.1, 0.15) is 30.1 Å². The van der Waals surface area contributed by atoms with E-state index in [1.807, 2.05) is 31.2 Å². The van der Waals surface area contributed by atoms with Gasteiger partial charge in [-0.1, -0.05) is 28.1 Å². The molecule has 0 saturated heterocycles. The Morgan fingerprint density at radius 3 is 2.68 bits per heavy atom. The third-order valence-electron chi connectivity index (χ3n) is 3.36. The summed E-state index contributed by atoms with van der Waals surface area (Å²) in [5.74, 6) is 0.510.